The van der Waals surface area contributed by atoms with Gasteiger partial charge in [-0.1, -0.05) is 4.89 Å². The van der Waals surface area contributed by atoms with Crippen LogP contribution in [0.15, 0.2) is 29.2 Å². The molecule has 1 heterocycles. The maximum absolute atomic E-state index is 12.2. The van der Waals surface area contributed by atoms with Crippen molar-refractivity contribution in [2.75, 3.05) is 51.7 Å². The van der Waals surface area contributed by atoms with Crippen LogP contribution in [0.2, 0.25) is 0 Å². The highest BCUT2D eigenvalue weighted by atomic mass is 32.2. The van der Waals surface area contributed by atoms with Crippen molar-refractivity contribution in [3.05, 3.63) is 24.3 Å². The number of nitrogens with one attached hydrogen (secondary N) is 2. The summed E-state index contributed by atoms with van der Waals surface area (Å²) in [4.78, 5) is 12.1. The van der Waals surface area contributed by atoms with Gasteiger partial charge >= 0.3 is 0 Å². The monoisotopic (exact) mass is 356 g/mol. The zero-order valence-corrected chi connectivity index (χ0v) is 15.5. The van der Waals surface area contributed by atoms with Gasteiger partial charge in [0.25, 0.3) is 10.0 Å². The summed E-state index contributed by atoms with van der Waals surface area (Å²) >= 11 is 0. The number of sulfonamides is 1. The molecule has 0 unspecified atom stereocenters. The predicted octanol–water partition coefficient (Wildman–Crippen LogP) is 0.964. The lowest BCUT2D eigenvalue weighted by Crippen LogP contribution is -2.45. The van der Waals surface area contributed by atoms with Gasteiger partial charge in [-0.2, -0.15) is 0 Å². The summed E-state index contributed by atoms with van der Waals surface area (Å²) in [6.07, 6.45) is 0. The summed E-state index contributed by atoms with van der Waals surface area (Å²) < 4.78 is 24.4. The number of anilines is 1. The smallest absolute Gasteiger partial charge is 0.262 e. The standard InChI is InChI=1S/C16H28N4O3S/c1-14(2)17-15-4-6-16(7-5-15)24(21,22)18-23-13-12-20-10-8-19(3)9-11-20/h4-7,14,17-18H,8-13H2,1-3H3. The molecule has 1 saturated heterocycles. The van der Waals surface area contributed by atoms with Crippen LogP contribution in [0.4, 0.5) is 5.69 Å². The van der Waals surface area contributed by atoms with Gasteiger partial charge < -0.3 is 10.2 Å². The van der Waals surface area contributed by atoms with Crippen LogP contribution in [-0.2, 0) is 14.9 Å². The number of rotatable bonds is 8. The van der Waals surface area contributed by atoms with Crippen molar-refractivity contribution >= 4 is 15.7 Å². The predicted molar refractivity (Wildman–Crippen MR) is 95.4 cm³/mol. The van der Waals surface area contributed by atoms with E-state index in [0.717, 1.165) is 31.9 Å². The van der Waals surface area contributed by atoms with Crippen molar-refractivity contribution in [3.8, 4) is 0 Å². The van der Waals surface area contributed by atoms with Crippen molar-refractivity contribution in [1.29, 1.82) is 0 Å². The molecule has 0 bridgehead atoms. The minimum atomic E-state index is -3.64. The van der Waals surface area contributed by atoms with E-state index in [0.29, 0.717) is 19.2 Å². The number of piperazine rings is 1. The molecule has 2 N–H and O–H groups in total. The Kier molecular flexibility index (Phi) is 7.00. The van der Waals surface area contributed by atoms with Gasteiger partial charge in [0.2, 0.25) is 0 Å². The molecule has 1 aromatic rings. The molecule has 0 spiro atoms. The van der Waals surface area contributed by atoms with Crippen LogP contribution in [0.5, 0.6) is 0 Å². The Morgan fingerprint density at radius 3 is 2.33 bits per heavy atom. The second kappa shape index (κ2) is 8.77. The average molecular weight is 356 g/mol. The Bertz CT molecular complexity index is 596. The van der Waals surface area contributed by atoms with Gasteiger partial charge in [0.05, 0.1) is 11.5 Å². The van der Waals surface area contributed by atoms with Crippen molar-refractivity contribution in [3.63, 3.8) is 0 Å². The molecule has 0 aromatic heterocycles. The van der Waals surface area contributed by atoms with E-state index in [2.05, 4.69) is 27.0 Å². The van der Waals surface area contributed by atoms with E-state index in [1.807, 2.05) is 13.8 Å². The number of likely N-dealkylation sites (N-methyl/N-ethyl adjacent to an activating group) is 1. The van der Waals surface area contributed by atoms with E-state index < -0.39 is 10.0 Å². The minimum Gasteiger partial charge on any atom is -0.383 e. The normalized spacial score (nSPS) is 17.3. The molecule has 136 valence electrons. The third-order valence-electron chi connectivity index (χ3n) is 3.89. The molecule has 8 heteroatoms. The molecule has 0 aliphatic carbocycles. The number of hydrogen-bond donors (Lipinski definition) is 2. The molecule has 1 aliphatic rings. The highest BCUT2D eigenvalue weighted by molar-refractivity contribution is 7.89. The Morgan fingerprint density at radius 1 is 1.12 bits per heavy atom. The van der Waals surface area contributed by atoms with Crippen LogP contribution in [-0.4, -0.2) is 70.6 Å². The summed E-state index contributed by atoms with van der Waals surface area (Å²) in [6, 6.07) is 6.93. The molecule has 0 radical (unpaired) electrons. The van der Waals surface area contributed by atoms with Crippen molar-refractivity contribution < 1.29 is 13.3 Å². The summed E-state index contributed by atoms with van der Waals surface area (Å²) in [5.74, 6) is 0. The highest BCUT2D eigenvalue weighted by Gasteiger charge is 2.16. The summed E-state index contributed by atoms with van der Waals surface area (Å²) in [5, 5.41) is 3.22. The van der Waals surface area contributed by atoms with Gasteiger partial charge in [0.1, 0.15) is 0 Å². The first-order valence-electron chi connectivity index (χ1n) is 8.28. The van der Waals surface area contributed by atoms with Crippen molar-refractivity contribution in [1.82, 2.24) is 14.7 Å². The van der Waals surface area contributed by atoms with Gasteiger partial charge in [-0.3, -0.25) is 9.74 Å². The molecule has 24 heavy (non-hydrogen) atoms. The number of benzene rings is 1. The zero-order chi connectivity index (χ0) is 17.6. The van der Waals surface area contributed by atoms with Crippen molar-refractivity contribution in [2.45, 2.75) is 24.8 Å². The quantitative estimate of drug-likeness (QED) is 0.534. The lowest BCUT2D eigenvalue weighted by Gasteiger charge is -2.32. The number of nitrogens with zero attached hydrogens (tertiary/aromatic N) is 2. The van der Waals surface area contributed by atoms with Crippen LogP contribution in [0.25, 0.3) is 0 Å². The first-order valence-corrected chi connectivity index (χ1v) is 9.76. The van der Waals surface area contributed by atoms with Crippen LogP contribution in [0, 0.1) is 0 Å². The topological polar surface area (TPSA) is 73.9 Å². The largest absolute Gasteiger partial charge is 0.383 e. The van der Waals surface area contributed by atoms with E-state index in [-0.39, 0.29) is 4.90 Å². The Morgan fingerprint density at radius 2 is 1.75 bits per heavy atom. The van der Waals surface area contributed by atoms with Gasteiger partial charge in [-0.15, -0.1) is 0 Å². The molecule has 0 atom stereocenters. The first kappa shape index (κ1) is 19.1. The second-order valence-corrected chi connectivity index (χ2v) is 8.05. The van der Waals surface area contributed by atoms with Crippen LogP contribution in [0.1, 0.15) is 13.8 Å². The van der Waals surface area contributed by atoms with E-state index in [1.165, 1.54) is 0 Å². The highest BCUT2D eigenvalue weighted by Crippen LogP contribution is 2.14. The third kappa shape index (κ3) is 6.03. The summed E-state index contributed by atoms with van der Waals surface area (Å²) in [7, 11) is -1.54. The average Bonchev–Trinajstić information content (AvgIpc) is 2.53. The molecule has 2 rings (SSSR count). The second-order valence-electron chi connectivity index (χ2n) is 6.40. The summed E-state index contributed by atoms with van der Waals surface area (Å²) in [6.45, 7) is 9.13. The first-order chi connectivity index (χ1) is 11.4. The zero-order valence-electron chi connectivity index (χ0n) is 14.7. The molecule has 0 saturated carbocycles. The number of hydrogen-bond acceptors (Lipinski definition) is 6. The molecular weight excluding hydrogens is 328 g/mol. The lowest BCUT2D eigenvalue weighted by atomic mass is 10.3. The van der Waals surface area contributed by atoms with Gasteiger partial charge in [0.15, 0.2) is 0 Å². The van der Waals surface area contributed by atoms with Gasteiger partial charge in [-0.25, -0.2) is 8.42 Å². The molecular formula is C16H28N4O3S. The van der Waals surface area contributed by atoms with E-state index in [9.17, 15) is 8.42 Å². The maximum Gasteiger partial charge on any atom is 0.262 e. The Labute approximate surface area is 145 Å². The van der Waals surface area contributed by atoms with Gasteiger partial charge in [-0.05, 0) is 45.2 Å². The minimum absolute atomic E-state index is 0.191. The third-order valence-corrected chi connectivity index (χ3v) is 5.12. The van der Waals surface area contributed by atoms with E-state index >= 15 is 0 Å². The molecule has 7 nitrogen and oxygen atoms in total. The molecule has 0 amide bonds. The van der Waals surface area contributed by atoms with E-state index in [1.54, 1.807) is 24.3 Å². The van der Waals surface area contributed by atoms with Gasteiger partial charge in [0, 0.05) is 44.5 Å². The van der Waals surface area contributed by atoms with Crippen LogP contribution >= 0.6 is 0 Å². The van der Waals surface area contributed by atoms with E-state index in [4.69, 9.17) is 4.84 Å². The Hall–Kier alpha value is -1.19. The Balaban J connectivity index is 1.76. The van der Waals surface area contributed by atoms with Crippen LogP contribution < -0.4 is 10.2 Å². The fourth-order valence-electron chi connectivity index (χ4n) is 2.48. The van der Waals surface area contributed by atoms with Crippen molar-refractivity contribution in [2.24, 2.45) is 0 Å². The SMILES string of the molecule is CC(C)Nc1ccc(S(=O)(=O)NOCCN2CCN(C)CC2)cc1. The molecule has 1 aromatic carbocycles. The lowest BCUT2D eigenvalue weighted by molar-refractivity contribution is 0.0567. The molecule has 1 aliphatic heterocycles. The fraction of sp³-hybridized carbons (Fsp3) is 0.625. The van der Waals surface area contributed by atoms with Crippen LogP contribution in [0.3, 0.4) is 0 Å². The summed E-state index contributed by atoms with van der Waals surface area (Å²) in [5.41, 5.74) is 0.889. The fourth-order valence-corrected chi connectivity index (χ4v) is 3.31. The maximum atomic E-state index is 12.2. The molecule has 1 fully saturated rings.